The molecular weight excluding hydrogens is 202 g/mol. The monoisotopic (exact) mass is 221 g/mol. The highest BCUT2D eigenvalue weighted by atomic mass is 16.5. The van der Waals surface area contributed by atoms with Crippen LogP contribution in [0.15, 0.2) is 29.4 Å². The number of hydrogen-bond donors (Lipinski definition) is 1. The molecule has 3 nitrogen and oxygen atoms in total. The third kappa shape index (κ3) is 3.57. The van der Waals surface area contributed by atoms with Crippen molar-refractivity contribution in [3.05, 3.63) is 29.8 Å². The maximum Gasteiger partial charge on any atom is 0.119 e. The molecule has 0 aliphatic carbocycles. The fraction of sp³-hybridized carbons (Fsp3) is 0.462. The van der Waals surface area contributed by atoms with Crippen LogP contribution in [0, 0.1) is 0 Å². The van der Waals surface area contributed by atoms with Crippen molar-refractivity contribution >= 4 is 5.71 Å². The van der Waals surface area contributed by atoms with Crippen molar-refractivity contribution in [3.63, 3.8) is 0 Å². The van der Waals surface area contributed by atoms with E-state index in [0.29, 0.717) is 12.1 Å². The van der Waals surface area contributed by atoms with Crippen molar-refractivity contribution in [3.8, 4) is 5.75 Å². The largest absolute Gasteiger partial charge is 0.494 e. The van der Waals surface area contributed by atoms with E-state index in [4.69, 9.17) is 9.94 Å². The van der Waals surface area contributed by atoms with Crippen LogP contribution in [0.3, 0.4) is 0 Å². The van der Waals surface area contributed by atoms with Crippen molar-refractivity contribution in [2.75, 3.05) is 6.61 Å². The molecule has 0 aliphatic heterocycles. The standard InChI is InChI=1S/C13H19NO2/c1-3-5-10-16-12-8-6-11(7-9-12)13(4-2)14-15/h6-9,15H,3-5,10H2,1-2H3/b14-13+. The zero-order valence-electron chi connectivity index (χ0n) is 9.94. The molecule has 1 N–H and O–H groups in total. The number of oxime groups is 1. The van der Waals surface area contributed by atoms with Gasteiger partial charge in [-0.25, -0.2) is 0 Å². The first-order valence-electron chi connectivity index (χ1n) is 5.76. The van der Waals surface area contributed by atoms with Gasteiger partial charge in [0, 0.05) is 0 Å². The molecular formula is C13H19NO2. The van der Waals surface area contributed by atoms with Crippen LogP contribution < -0.4 is 4.74 Å². The van der Waals surface area contributed by atoms with Gasteiger partial charge in [-0.05, 0) is 42.7 Å². The summed E-state index contributed by atoms with van der Waals surface area (Å²) in [5.41, 5.74) is 1.63. The van der Waals surface area contributed by atoms with E-state index in [1.54, 1.807) is 0 Å². The van der Waals surface area contributed by atoms with Gasteiger partial charge >= 0.3 is 0 Å². The van der Waals surface area contributed by atoms with Crippen molar-refractivity contribution in [1.29, 1.82) is 0 Å². The summed E-state index contributed by atoms with van der Waals surface area (Å²) in [5, 5.41) is 12.0. The molecule has 0 spiro atoms. The molecule has 0 heterocycles. The van der Waals surface area contributed by atoms with Crippen molar-refractivity contribution < 1.29 is 9.94 Å². The quantitative estimate of drug-likeness (QED) is 0.346. The molecule has 1 aromatic carbocycles. The maximum atomic E-state index is 8.78. The molecule has 0 saturated heterocycles. The molecule has 0 atom stereocenters. The highest BCUT2D eigenvalue weighted by Crippen LogP contribution is 2.14. The second kappa shape index (κ2) is 6.88. The van der Waals surface area contributed by atoms with E-state index < -0.39 is 0 Å². The fourth-order valence-corrected chi connectivity index (χ4v) is 1.41. The van der Waals surface area contributed by atoms with Crippen LogP contribution in [0.1, 0.15) is 38.7 Å². The summed E-state index contributed by atoms with van der Waals surface area (Å²) in [4.78, 5) is 0. The topological polar surface area (TPSA) is 41.8 Å². The van der Waals surface area contributed by atoms with Gasteiger partial charge in [0.25, 0.3) is 0 Å². The minimum absolute atomic E-state index is 0.695. The van der Waals surface area contributed by atoms with Gasteiger partial charge in [-0.3, -0.25) is 0 Å². The van der Waals surface area contributed by atoms with Gasteiger partial charge in [0.15, 0.2) is 0 Å². The van der Waals surface area contributed by atoms with Gasteiger partial charge in [-0.15, -0.1) is 0 Å². The average molecular weight is 221 g/mol. The Balaban J connectivity index is 2.60. The second-order valence-corrected chi connectivity index (χ2v) is 3.63. The van der Waals surface area contributed by atoms with Crippen LogP contribution in [0.2, 0.25) is 0 Å². The summed E-state index contributed by atoms with van der Waals surface area (Å²) in [6.45, 7) is 4.85. The molecule has 0 bridgehead atoms. The smallest absolute Gasteiger partial charge is 0.119 e. The summed E-state index contributed by atoms with van der Waals surface area (Å²) in [6, 6.07) is 7.65. The summed E-state index contributed by atoms with van der Waals surface area (Å²) >= 11 is 0. The Morgan fingerprint density at radius 1 is 1.25 bits per heavy atom. The zero-order valence-corrected chi connectivity index (χ0v) is 9.94. The van der Waals surface area contributed by atoms with E-state index >= 15 is 0 Å². The first-order valence-corrected chi connectivity index (χ1v) is 5.76. The molecule has 88 valence electrons. The Hall–Kier alpha value is -1.51. The lowest BCUT2D eigenvalue weighted by molar-refractivity contribution is 0.309. The molecule has 0 radical (unpaired) electrons. The van der Waals surface area contributed by atoms with Gasteiger partial charge in [-0.2, -0.15) is 0 Å². The third-order valence-electron chi connectivity index (χ3n) is 2.41. The highest BCUT2D eigenvalue weighted by molar-refractivity contribution is 6.00. The Kier molecular flexibility index (Phi) is 5.40. The number of hydrogen-bond acceptors (Lipinski definition) is 3. The molecule has 0 amide bonds. The van der Waals surface area contributed by atoms with Gasteiger partial charge in [0.1, 0.15) is 5.75 Å². The lowest BCUT2D eigenvalue weighted by Crippen LogP contribution is -2.00. The predicted octanol–water partition coefficient (Wildman–Crippen LogP) is 3.45. The minimum Gasteiger partial charge on any atom is -0.494 e. The van der Waals surface area contributed by atoms with Gasteiger partial charge in [0.2, 0.25) is 0 Å². The van der Waals surface area contributed by atoms with Gasteiger partial charge in [-0.1, -0.05) is 25.4 Å². The summed E-state index contributed by atoms with van der Waals surface area (Å²) in [7, 11) is 0. The summed E-state index contributed by atoms with van der Waals surface area (Å²) in [5.74, 6) is 0.866. The number of unbranched alkanes of at least 4 members (excludes halogenated alkanes) is 1. The minimum atomic E-state index is 0.695. The maximum absolute atomic E-state index is 8.78. The SMILES string of the molecule is CCCCOc1ccc(/C(CC)=N/O)cc1. The van der Waals surface area contributed by atoms with Crippen LogP contribution in [0.5, 0.6) is 5.75 Å². The normalized spacial score (nSPS) is 11.5. The molecule has 0 saturated carbocycles. The Morgan fingerprint density at radius 2 is 1.94 bits per heavy atom. The molecule has 1 rings (SSSR count). The van der Waals surface area contributed by atoms with Crippen LogP contribution in [-0.4, -0.2) is 17.5 Å². The van der Waals surface area contributed by atoms with Crippen molar-refractivity contribution in [2.45, 2.75) is 33.1 Å². The molecule has 0 aromatic heterocycles. The highest BCUT2D eigenvalue weighted by Gasteiger charge is 2.01. The zero-order chi connectivity index (χ0) is 11.8. The molecule has 0 fully saturated rings. The van der Waals surface area contributed by atoms with Crippen LogP contribution >= 0.6 is 0 Å². The van der Waals surface area contributed by atoms with E-state index in [1.165, 1.54) is 0 Å². The van der Waals surface area contributed by atoms with E-state index in [1.807, 2.05) is 31.2 Å². The van der Waals surface area contributed by atoms with Crippen LogP contribution in [-0.2, 0) is 0 Å². The van der Waals surface area contributed by atoms with E-state index in [0.717, 1.165) is 30.8 Å². The summed E-state index contributed by atoms with van der Waals surface area (Å²) in [6.07, 6.45) is 2.92. The predicted molar refractivity (Wildman–Crippen MR) is 65.5 cm³/mol. The molecule has 0 aliphatic rings. The third-order valence-corrected chi connectivity index (χ3v) is 2.41. The van der Waals surface area contributed by atoms with E-state index in [2.05, 4.69) is 12.1 Å². The Morgan fingerprint density at radius 3 is 2.44 bits per heavy atom. The molecule has 1 aromatic rings. The molecule has 16 heavy (non-hydrogen) atoms. The number of ether oxygens (including phenoxy) is 1. The van der Waals surface area contributed by atoms with Gasteiger partial charge < -0.3 is 9.94 Å². The Labute approximate surface area is 96.7 Å². The van der Waals surface area contributed by atoms with Gasteiger partial charge in [0.05, 0.1) is 12.3 Å². The second-order valence-electron chi connectivity index (χ2n) is 3.63. The van der Waals surface area contributed by atoms with Crippen molar-refractivity contribution in [1.82, 2.24) is 0 Å². The number of benzene rings is 1. The molecule has 0 unspecified atom stereocenters. The van der Waals surface area contributed by atoms with E-state index in [9.17, 15) is 0 Å². The van der Waals surface area contributed by atoms with E-state index in [-0.39, 0.29) is 0 Å². The van der Waals surface area contributed by atoms with Crippen molar-refractivity contribution in [2.24, 2.45) is 5.16 Å². The number of nitrogens with zero attached hydrogens (tertiary/aromatic N) is 1. The average Bonchev–Trinajstić information content (AvgIpc) is 2.33. The van der Waals surface area contributed by atoms with Crippen LogP contribution in [0.4, 0.5) is 0 Å². The first-order chi connectivity index (χ1) is 7.81. The first kappa shape index (κ1) is 12.6. The molecule has 3 heteroatoms. The fourth-order valence-electron chi connectivity index (χ4n) is 1.41. The summed E-state index contributed by atoms with van der Waals surface area (Å²) < 4.78 is 5.55. The lowest BCUT2D eigenvalue weighted by atomic mass is 10.1. The van der Waals surface area contributed by atoms with Crippen LogP contribution in [0.25, 0.3) is 0 Å². The Bertz CT molecular complexity index is 330. The lowest BCUT2D eigenvalue weighted by Gasteiger charge is -2.06. The number of rotatable bonds is 6.